The first kappa shape index (κ1) is 18.5. The van der Waals surface area contributed by atoms with Crippen molar-refractivity contribution in [2.75, 3.05) is 14.1 Å². The van der Waals surface area contributed by atoms with E-state index in [2.05, 4.69) is 4.98 Å². The normalized spacial score (nSPS) is 32.4. The predicted molar refractivity (Wildman–Crippen MR) is 96.4 cm³/mol. The van der Waals surface area contributed by atoms with Crippen molar-refractivity contribution in [3.63, 3.8) is 0 Å². The van der Waals surface area contributed by atoms with Crippen LogP contribution < -0.4 is 5.73 Å². The molecule has 0 fully saturated rings. The number of aliphatic hydroxyl groups excluding tert-OH is 2. The Balaban J connectivity index is 1.96. The molecule has 3 aliphatic rings. The van der Waals surface area contributed by atoms with Gasteiger partial charge in [-0.1, -0.05) is 0 Å². The van der Waals surface area contributed by atoms with Crippen LogP contribution in [0.4, 0.5) is 0 Å². The smallest absolute Gasteiger partial charge is 0.255 e. The minimum Gasteiger partial charge on any atom is -0.510 e. The Morgan fingerprint density at radius 2 is 1.96 bits per heavy atom. The van der Waals surface area contributed by atoms with E-state index in [1.165, 1.54) is 6.20 Å². The number of nitrogens with two attached hydrogens (primary N) is 1. The van der Waals surface area contributed by atoms with Crippen molar-refractivity contribution in [3.05, 3.63) is 46.2 Å². The number of primary amides is 1. The first-order chi connectivity index (χ1) is 13.1. The monoisotopic (exact) mass is 387 g/mol. The third-order valence-corrected chi connectivity index (χ3v) is 6.18. The Hall–Kier alpha value is -2.91. The molecule has 1 amide bonds. The van der Waals surface area contributed by atoms with Crippen molar-refractivity contribution in [1.29, 1.82) is 0 Å². The molecule has 3 aliphatic carbocycles. The van der Waals surface area contributed by atoms with Crippen molar-refractivity contribution >= 4 is 17.5 Å². The van der Waals surface area contributed by atoms with Gasteiger partial charge in [-0.2, -0.15) is 0 Å². The van der Waals surface area contributed by atoms with E-state index >= 15 is 0 Å². The maximum Gasteiger partial charge on any atom is 0.255 e. The number of amides is 1. The molecule has 6 N–H and O–H groups in total. The average Bonchev–Trinajstić information content (AvgIpc) is 3.06. The van der Waals surface area contributed by atoms with E-state index in [1.807, 2.05) is 0 Å². The number of aliphatic hydroxyl groups is 3. The molecule has 0 radical (unpaired) electrons. The van der Waals surface area contributed by atoms with E-state index in [0.29, 0.717) is 12.0 Å². The van der Waals surface area contributed by atoms with Gasteiger partial charge in [0.1, 0.15) is 17.1 Å². The molecular weight excluding hydrogens is 366 g/mol. The van der Waals surface area contributed by atoms with Crippen LogP contribution in [-0.4, -0.2) is 68.4 Å². The highest BCUT2D eigenvalue weighted by Crippen LogP contribution is 2.51. The van der Waals surface area contributed by atoms with Crippen LogP contribution in [0.15, 0.2) is 35.1 Å². The number of carbonyl (C=O) groups excluding carboxylic acids is 3. The molecule has 28 heavy (non-hydrogen) atoms. The molecule has 0 bridgehead atoms. The summed E-state index contributed by atoms with van der Waals surface area (Å²) < 4.78 is 0. The van der Waals surface area contributed by atoms with Gasteiger partial charge in [-0.25, -0.2) is 0 Å². The highest BCUT2D eigenvalue weighted by molar-refractivity contribution is 6.24. The van der Waals surface area contributed by atoms with Crippen molar-refractivity contribution in [2.24, 2.45) is 17.6 Å². The van der Waals surface area contributed by atoms with Crippen molar-refractivity contribution in [3.8, 4) is 0 Å². The first-order valence-electron chi connectivity index (χ1n) is 8.91. The van der Waals surface area contributed by atoms with E-state index in [1.54, 1.807) is 25.2 Å². The molecule has 1 aromatic heterocycles. The number of hydrogen-bond donors (Lipinski definition) is 5. The number of nitrogens with one attached hydrogen (secondary N) is 1. The molecular formula is C19H21N3O6. The van der Waals surface area contributed by atoms with Crippen LogP contribution in [0.1, 0.15) is 22.3 Å². The lowest BCUT2D eigenvalue weighted by atomic mass is 9.59. The zero-order valence-corrected chi connectivity index (χ0v) is 15.4. The van der Waals surface area contributed by atoms with E-state index in [0.717, 1.165) is 5.56 Å². The van der Waals surface area contributed by atoms with E-state index in [4.69, 9.17) is 5.73 Å². The zero-order valence-electron chi connectivity index (χ0n) is 15.4. The van der Waals surface area contributed by atoms with Gasteiger partial charge in [0.15, 0.2) is 11.4 Å². The van der Waals surface area contributed by atoms with Gasteiger partial charge in [-0.3, -0.25) is 19.3 Å². The number of Topliss-reactive ketones (excluding diaryl/α,β-unsaturated/α-hetero) is 2. The summed E-state index contributed by atoms with van der Waals surface area (Å²) in [4.78, 5) is 42.1. The fourth-order valence-electron chi connectivity index (χ4n) is 4.96. The average molecular weight is 387 g/mol. The molecule has 0 aliphatic heterocycles. The molecule has 0 saturated heterocycles. The second kappa shape index (κ2) is 5.79. The van der Waals surface area contributed by atoms with Gasteiger partial charge in [-0.05, 0) is 38.4 Å². The highest BCUT2D eigenvalue weighted by Gasteiger charge is 2.63. The number of rotatable bonds is 2. The Morgan fingerprint density at radius 3 is 2.57 bits per heavy atom. The summed E-state index contributed by atoms with van der Waals surface area (Å²) in [7, 11) is 3.23. The minimum absolute atomic E-state index is 0.0260. The summed E-state index contributed by atoms with van der Waals surface area (Å²) in [5.41, 5.74) is 3.14. The largest absolute Gasteiger partial charge is 0.510 e. The number of allylic oxidation sites excluding steroid dienone is 1. The number of hydrogen-bond acceptors (Lipinski definition) is 7. The van der Waals surface area contributed by atoms with Gasteiger partial charge in [0.25, 0.3) is 5.91 Å². The number of carbonyl (C=O) groups is 3. The zero-order chi connectivity index (χ0) is 20.5. The summed E-state index contributed by atoms with van der Waals surface area (Å²) in [5, 5.41) is 32.9. The quantitative estimate of drug-likeness (QED) is 0.438. The van der Waals surface area contributed by atoms with Gasteiger partial charge in [0, 0.05) is 29.4 Å². The SMILES string of the molecule is CN(C)[C@@H]1C(O)=C(C(N)=O)C(=O)[C@@]2(O)C(O)=C3C(=O)c4c[nH]cc4C[C@H]3C[C@@H]12. The van der Waals surface area contributed by atoms with Crippen molar-refractivity contribution in [1.82, 2.24) is 9.88 Å². The Labute approximate surface area is 160 Å². The Morgan fingerprint density at radius 1 is 1.29 bits per heavy atom. The van der Waals surface area contributed by atoms with Crippen LogP contribution in [0, 0.1) is 11.8 Å². The highest BCUT2D eigenvalue weighted by atomic mass is 16.3. The standard InChI is InChI=1S/C19H21N3O6/c1-22(2)13-10-4-7-3-8-5-21-6-9(8)14(23)11(7)16(25)19(10,28)17(26)12(15(13)24)18(20)27/h5-7,10,13,21,24-25,28H,3-4H2,1-2H3,(H2,20,27)/t7-,10-,13-,19-/m0/s1. The van der Waals surface area contributed by atoms with Crippen LogP contribution in [0.3, 0.4) is 0 Å². The predicted octanol–water partition coefficient (Wildman–Crippen LogP) is -0.257. The van der Waals surface area contributed by atoms with Gasteiger partial charge < -0.3 is 26.0 Å². The van der Waals surface area contributed by atoms with Crippen molar-refractivity contribution < 1.29 is 29.7 Å². The molecule has 0 spiro atoms. The fourth-order valence-corrected chi connectivity index (χ4v) is 4.96. The van der Waals surface area contributed by atoms with E-state index in [9.17, 15) is 29.7 Å². The van der Waals surface area contributed by atoms with Gasteiger partial charge in [0.2, 0.25) is 5.78 Å². The van der Waals surface area contributed by atoms with Gasteiger partial charge >= 0.3 is 0 Å². The molecule has 0 unspecified atom stereocenters. The summed E-state index contributed by atoms with van der Waals surface area (Å²) >= 11 is 0. The van der Waals surface area contributed by atoms with Crippen LogP contribution in [0.5, 0.6) is 0 Å². The number of fused-ring (bicyclic) bond motifs is 3. The van der Waals surface area contributed by atoms with Crippen LogP contribution >= 0.6 is 0 Å². The summed E-state index contributed by atoms with van der Waals surface area (Å²) in [6, 6.07) is -0.934. The molecule has 1 aromatic rings. The maximum atomic E-state index is 13.0. The molecule has 1 heterocycles. The van der Waals surface area contributed by atoms with Gasteiger partial charge in [-0.15, -0.1) is 0 Å². The Kier molecular flexibility index (Phi) is 3.82. The topological polar surface area (TPSA) is 157 Å². The van der Waals surface area contributed by atoms with Crippen LogP contribution in [0.25, 0.3) is 0 Å². The number of H-pyrrole nitrogens is 1. The summed E-state index contributed by atoms with van der Waals surface area (Å²) in [6.45, 7) is 0. The lowest BCUT2D eigenvalue weighted by Gasteiger charge is -2.49. The molecule has 4 atom stereocenters. The first-order valence-corrected chi connectivity index (χ1v) is 8.91. The second-order valence-corrected chi connectivity index (χ2v) is 7.86. The minimum atomic E-state index is -2.51. The molecule has 9 nitrogen and oxygen atoms in total. The third-order valence-electron chi connectivity index (χ3n) is 6.18. The Bertz CT molecular complexity index is 988. The van der Waals surface area contributed by atoms with E-state index in [-0.39, 0.29) is 12.0 Å². The molecule has 0 saturated carbocycles. The molecule has 4 rings (SSSR count). The molecule has 148 valence electrons. The number of aromatic amines is 1. The maximum absolute atomic E-state index is 13.0. The van der Waals surface area contributed by atoms with Gasteiger partial charge in [0.05, 0.1) is 6.04 Å². The molecule has 9 heteroatoms. The number of ketones is 2. The van der Waals surface area contributed by atoms with E-state index < -0.39 is 58.0 Å². The van der Waals surface area contributed by atoms with Crippen LogP contribution in [-0.2, 0) is 16.0 Å². The fraction of sp³-hybridized carbons (Fsp3) is 0.421. The number of aromatic nitrogens is 1. The van der Waals surface area contributed by atoms with Crippen LogP contribution in [0.2, 0.25) is 0 Å². The summed E-state index contributed by atoms with van der Waals surface area (Å²) in [5.74, 6) is -5.53. The second-order valence-electron chi connectivity index (χ2n) is 7.86. The third kappa shape index (κ3) is 2.11. The lowest BCUT2D eigenvalue weighted by molar-refractivity contribution is -0.148. The van der Waals surface area contributed by atoms with Crippen molar-refractivity contribution in [2.45, 2.75) is 24.5 Å². The molecule has 0 aromatic carbocycles. The lowest BCUT2D eigenvalue weighted by Crippen LogP contribution is -2.63. The number of nitrogens with zero attached hydrogens (tertiary/aromatic N) is 1. The number of likely N-dealkylation sites (N-methyl/N-ethyl adjacent to an activating group) is 1. The summed E-state index contributed by atoms with van der Waals surface area (Å²) in [6.07, 6.45) is 3.82.